The van der Waals surface area contributed by atoms with Crippen molar-refractivity contribution in [2.75, 3.05) is 36.0 Å². The van der Waals surface area contributed by atoms with Gasteiger partial charge in [-0.1, -0.05) is 74.2 Å². The maximum absolute atomic E-state index is 2.60. The van der Waals surface area contributed by atoms with Crippen molar-refractivity contribution in [1.29, 1.82) is 0 Å². The van der Waals surface area contributed by atoms with E-state index >= 15 is 0 Å². The van der Waals surface area contributed by atoms with Crippen molar-refractivity contribution in [3.8, 4) is 22.5 Å². The lowest BCUT2D eigenvalue weighted by Crippen LogP contribution is -2.33. The first-order chi connectivity index (χ1) is 22.8. The minimum absolute atomic E-state index is 1.15. The number of hydrogen-bond donors (Lipinski definition) is 0. The Morgan fingerprint density at radius 2 is 0.804 bits per heavy atom. The number of para-hydroxylation sites is 2. The van der Waals surface area contributed by atoms with Crippen molar-refractivity contribution in [3.05, 3.63) is 122 Å². The molecule has 0 N–H and O–H groups in total. The summed E-state index contributed by atoms with van der Waals surface area (Å²) >= 11 is 0. The van der Waals surface area contributed by atoms with Gasteiger partial charge in [-0.05, 0) is 48.9 Å². The van der Waals surface area contributed by atoms with Crippen LogP contribution >= 0.6 is 0 Å². The fourth-order valence-corrected chi connectivity index (χ4v) is 7.73. The largest absolute Gasteiger partial charge is 0.371 e. The molecule has 2 aliphatic rings. The Kier molecular flexibility index (Phi) is 8.10. The molecule has 0 amide bonds. The van der Waals surface area contributed by atoms with Gasteiger partial charge in [0.1, 0.15) is 0 Å². The molecule has 0 bridgehead atoms. The Morgan fingerprint density at radius 3 is 1.24 bits per heavy atom. The van der Waals surface area contributed by atoms with Crippen LogP contribution in [0.2, 0.25) is 0 Å². The lowest BCUT2D eigenvalue weighted by Gasteiger charge is -2.23. The molecule has 0 unspecified atom stereocenters. The summed E-state index contributed by atoms with van der Waals surface area (Å²) in [5.41, 5.74) is 10.0. The highest BCUT2D eigenvalue weighted by Crippen LogP contribution is 2.30. The van der Waals surface area contributed by atoms with Crippen LogP contribution in [0.3, 0.4) is 0 Å². The molecule has 0 aliphatic carbocycles. The number of pyridine rings is 2. The molecule has 8 rings (SSSR count). The summed E-state index contributed by atoms with van der Waals surface area (Å²) in [6.07, 6.45) is 15.0. The smallest absolute Gasteiger partial charge is 0.220 e. The highest BCUT2D eigenvalue weighted by molar-refractivity contribution is 5.91. The van der Waals surface area contributed by atoms with Crippen LogP contribution in [0.5, 0.6) is 0 Å². The summed E-state index contributed by atoms with van der Waals surface area (Å²) < 4.78 is 4.71. The molecule has 4 aromatic carbocycles. The van der Waals surface area contributed by atoms with Gasteiger partial charge in [-0.3, -0.25) is 0 Å². The van der Waals surface area contributed by atoms with Gasteiger partial charge in [-0.2, -0.15) is 9.13 Å². The highest BCUT2D eigenvalue weighted by atomic mass is 15.1. The molecular formula is C42H44N4+2. The van der Waals surface area contributed by atoms with Crippen LogP contribution in [0.15, 0.2) is 122 Å². The molecule has 2 fully saturated rings. The predicted octanol–water partition coefficient (Wildman–Crippen LogP) is 8.97. The third kappa shape index (κ3) is 5.62. The molecule has 2 aliphatic heterocycles. The summed E-state index contributed by atoms with van der Waals surface area (Å²) in [4.78, 5) is 5.20. The quantitative estimate of drug-likeness (QED) is 0.182. The van der Waals surface area contributed by atoms with Crippen LogP contribution in [0.4, 0.5) is 11.4 Å². The fraction of sp³-hybridized carbons (Fsp3) is 0.286. The van der Waals surface area contributed by atoms with Crippen molar-refractivity contribution in [2.45, 2.75) is 51.4 Å². The molecule has 0 atom stereocenters. The number of anilines is 2. The van der Waals surface area contributed by atoms with E-state index in [-0.39, 0.29) is 0 Å². The van der Waals surface area contributed by atoms with E-state index in [9.17, 15) is 0 Å². The topological polar surface area (TPSA) is 14.2 Å². The predicted molar refractivity (Wildman–Crippen MR) is 191 cm³/mol. The second-order valence-electron chi connectivity index (χ2n) is 13.1. The Balaban J connectivity index is 1.16. The molecule has 2 aromatic heterocycles. The molecule has 46 heavy (non-hydrogen) atoms. The average Bonchev–Trinajstić information content (AvgIpc) is 3.57. The summed E-state index contributed by atoms with van der Waals surface area (Å²) in [5, 5.41) is 2.65. The van der Waals surface area contributed by atoms with E-state index < -0.39 is 0 Å². The van der Waals surface area contributed by atoms with Gasteiger partial charge in [0.15, 0.2) is 12.4 Å². The summed E-state index contributed by atoms with van der Waals surface area (Å²) in [6, 6.07) is 40.5. The lowest BCUT2D eigenvalue weighted by atomic mass is 10.0. The van der Waals surface area contributed by atoms with E-state index in [1.807, 2.05) is 0 Å². The third-order valence-corrected chi connectivity index (χ3v) is 10.1. The van der Waals surface area contributed by atoms with E-state index in [0.29, 0.717) is 0 Å². The van der Waals surface area contributed by atoms with Crippen LogP contribution in [-0.4, -0.2) is 26.2 Å². The maximum atomic E-state index is 2.60. The molecule has 0 saturated carbocycles. The zero-order chi connectivity index (χ0) is 30.7. The number of hydrogen-bond acceptors (Lipinski definition) is 2. The molecule has 230 valence electrons. The normalized spacial score (nSPS) is 16.0. The lowest BCUT2D eigenvalue weighted by molar-refractivity contribution is -0.567. The molecule has 6 aromatic rings. The van der Waals surface area contributed by atoms with E-state index in [0.717, 1.165) is 26.2 Å². The van der Waals surface area contributed by atoms with Gasteiger partial charge in [0.05, 0.1) is 22.1 Å². The van der Waals surface area contributed by atoms with Crippen LogP contribution < -0.4 is 18.9 Å². The number of benzene rings is 4. The zero-order valence-electron chi connectivity index (χ0n) is 26.8. The number of rotatable bonds is 5. The summed E-state index contributed by atoms with van der Waals surface area (Å²) in [5.74, 6) is 0. The number of nitrogens with zero attached hydrogens (tertiary/aromatic N) is 4. The van der Waals surface area contributed by atoms with E-state index in [1.54, 1.807) is 0 Å². The Morgan fingerprint density at radius 1 is 0.391 bits per heavy atom. The average molecular weight is 605 g/mol. The molecule has 0 spiro atoms. The molecule has 0 radical (unpaired) electrons. The van der Waals surface area contributed by atoms with Crippen LogP contribution in [0, 0.1) is 0 Å². The van der Waals surface area contributed by atoms with Gasteiger partial charge in [-0.15, -0.1) is 0 Å². The highest BCUT2D eigenvalue weighted by Gasteiger charge is 2.22. The van der Waals surface area contributed by atoms with Crippen LogP contribution in [0.25, 0.3) is 44.3 Å². The van der Waals surface area contributed by atoms with Gasteiger partial charge >= 0.3 is 0 Å². The second kappa shape index (κ2) is 13.0. The second-order valence-corrected chi connectivity index (χ2v) is 13.1. The van der Waals surface area contributed by atoms with Crippen molar-refractivity contribution in [2.24, 2.45) is 0 Å². The van der Waals surface area contributed by atoms with Gasteiger partial charge < -0.3 is 9.80 Å². The van der Waals surface area contributed by atoms with E-state index in [1.165, 1.54) is 107 Å². The summed E-state index contributed by atoms with van der Waals surface area (Å²) in [6.45, 7) is 4.59. The van der Waals surface area contributed by atoms with Crippen molar-refractivity contribution >= 4 is 33.2 Å². The minimum atomic E-state index is 1.15. The molecule has 4 heteroatoms. The Bertz CT molecular complexity index is 1840. The number of fused-ring (bicyclic) bond motifs is 2. The zero-order valence-corrected chi connectivity index (χ0v) is 26.8. The third-order valence-electron chi connectivity index (χ3n) is 10.1. The van der Waals surface area contributed by atoms with Gasteiger partial charge in [-0.25, -0.2) is 0 Å². The minimum Gasteiger partial charge on any atom is -0.371 e. The van der Waals surface area contributed by atoms with E-state index in [2.05, 4.69) is 141 Å². The molecule has 2 saturated heterocycles. The SMILES string of the molecule is c1cc(-c2cccc(-[n+]3ccc(N4CCCCCC4)c4ccccc43)c2)cc(-[n+]2ccc(N3CCCCCC3)c3ccccc32)c1. The Labute approximate surface area is 273 Å². The Hall–Kier alpha value is -4.70. The first-order valence-electron chi connectivity index (χ1n) is 17.4. The van der Waals surface area contributed by atoms with Gasteiger partial charge in [0.2, 0.25) is 22.4 Å². The number of aromatic nitrogens is 2. The van der Waals surface area contributed by atoms with E-state index in [4.69, 9.17) is 0 Å². The first kappa shape index (κ1) is 28.8. The van der Waals surface area contributed by atoms with Crippen molar-refractivity contribution < 1.29 is 9.13 Å². The van der Waals surface area contributed by atoms with Gasteiger partial charge in [0, 0.05) is 74.7 Å². The van der Waals surface area contributed by atoms with Crippen LogP contribution in [-0.2, 0) is 0 Å². The maximum Gasteiger partial charge on any atom is 0.220 e. The van der Waals surface area contributed by atoms with Crippen molar-refractivity contribution in [3.63, 3.8) is 0 Å². The standard InChI is InChI=1S/C42H44N4/c1-2-10-26-43(25-9-1)39-23-29-45(41-21-7-5-19-37(39)41)35-17-13-15-33(31-35)34-16-14-18-36(32-34)46-30-24-40(38-20-6-8-22-42(38)46)44-27-11-3-4-12-28-44/h5-8,13-24,29-32H,1-4,9-12,25-28H2/q+2. The molecular weight excluding hydrogens is 560 g/mol. The van der Waals surface area contributed by atoms with Gasteiger partial charge in [0.25, 0.3) is 0 Å². The monoisotopic (exact) mass is 604 g/mol. The molecule has 4 nitrogen and oxygen atoms in total. The van der Waals surface area contributed by atoms with Crippen molar-refractivity contribution in [1.82, 2.24) is 0 Å². The molecule has 4 heterocycles. The summed E-state index contributed by atoms with van der Waals surface area (Å²) in [7, 11) is 0. The fourth-order valence-electron chi connectivity index (χ4n) is 7.73. The first-order valence-corrected chi connectivity index (χ1v) is 17.4. The van der Waals surface area contributed by atoms with Crippen LogP contribution in [0.1, 0.15) is 51.4 Å².